The van der Waals surface area contributed by atoms with Crippen LogP contribution in [0.2, 0.25) is 0 Å². The first-order chi connectivity index (χ1) is 11.0. The molecule has 0 fully saturated rings. The maximum Gasteiger partial charge on any atom is 0.325 e. The van der Waals surface area contributed by atoms with E-state index in [1.54, 1.807) is 16.8 Å². The van der Waals surface area contributed by atoms with Crippen LogP contribution >= 0.6 is 0 Å². The fourth-order valence-corrected chi connectivity index (χ4v) is 2.08. The molecular formula is C15H16N4O4. The Bertz CT molecular complexity index is 779. The Labute approximate surface area is 131 Å². The molecule has 120 valence electrons. The number of fused-ring (bicyclic) bond motifs is 1. The van der Waals surface area contributed by atoms with Gasteiger partial charge in [-0.1, -0.05) is 0 Å². The quantitative estimate of drug-likeness (QED) is 0.536. The molecule has 3 N–H and O–H groups in total. The molecule has 8 nitrogen and oxygen atoms in total. The molecule has 0 spiro atoms. The summed E-state index contributed by atoms with van der Waals surface area (Å²) in [6.45, 7) is 0.132. The van der Waals surface area contributed by atoms with Crippen molar-refractivity contribution in [3.63, 3.8) is 0 Å². The van der Waals surface area contributed by atoms with Crippen molar-refractivity contribution in [2.24, 2.45) is 5.11 Å². The van der Waals surface area contributed by atoms with Gasteiger partial charge in [-0.15, -0.1) is 0 Å². The van der Waals surface area contributed by atoms with E-state index in [2.05, 4.69) is 15.2 Å². The normalized spacial score (nSPS) is 11.3. The van der Waals surface area contributed by atoms with E-state index in [-0.39, 0.29) is 24.6 Å². The van der Waals surface area contributed by atoms with E-state index in [0.717, 1.165) is 16.6 Å². The van der Waals surface area contributed by atoms with E-state index in [0.29, 0.717) is 0 Å². The minimum absolute atomic E-state index is 0.112. The fraction of sp³-hybridized carbons (Fsp3) is 0.200. The summed E-state index contributed by atoms with van der Waals surface area (Å²) in [7, 11) is 1.34. The Balaban J connectivity index is 2.18. The molecule has 23 heavy (non-hydrogen) atoms. The van der Waals surface area contributed by atoms with E-state index < -0.39 is 5.97 Å². The average molecular weight is 316 g/mol. The zero-order valence-electron chi connectivity index (χ0n) is 12.4. The van der Waals surface area contributed by atoms with Crippen LogP contribution in [0.25, 0.3) is 10.9 Å². The van der Waals surface area contributed by atoms with E-state index in [9.17, 15) is 9.59 Å². The predicted octanol–water partition coefficient (Wildman–Crippen LogP) is 2.57. The second-order valence-corrected chi connectivity index (χ2v) is 4.76. The number of carboxylic acids is 1. The molecule has 0 amide bonds. The minimum Gasteiger partial charge on any atom is -0.481 e. The smallest absolute Gasteiger partial charge is 0.325 e. The Hall–Kier alpha value is -3.16. The van der Waals surface area contributed by atoms with Gasteiger partial charge in [0.2, 0.25) is 0 Å². The molecule has 2 rings (SSSR count). The molecule has 0 aliphatic heterocycles. The Morgan fingerprint density at radius 1 is 1.43 bits per heavy atom. The van der Waals surface area contributed by atoms with Gasteiger partial charge in [-0.2, -0.15) is 5.11 Å². The molecule has 0 bridgehead atoms. The third-order valence-electron chi connectivity index (χ3n) is 3.18. The van der Waals surface area contributed by atoms with Crippen LogP contribution in [-0.2, 0) is 20.9 Å². The van der Waals surface area contributed by atoms with Crippen LogP contribution in [0.5, 0.6) is 0 Å². The number of hydrogen-bond acceptors (Lipinski definition) is 6. The summed E-state index contributed by atoms with van der Waals surface area (Å²) >= 11 is 0. The minimum atomic E-state index is -1.05. The third-order valence-corrected chi connectivity index (χ3v) is 3.18. The first-order valence-electron chi connectivity index (χ1n) is 6.74. The molecule has 0 aliphatic rings. The van der Waals surface area contributed by atoms with Crippen LogP contribution < -0.4 is 5.32 Å². The van der Waals surface area contributed by atoms with Crippen LogP contribution in [0, 0.1) is 5.53 Å². The Morgan fingerprint density at radius 3 is 2.87 bits per heavy atom. The van der Waals surface area contributed by atoms with Crippen molar-refractivity contribution < 1.29 is 19.4 Å². The monoisotopic (exact) mass is 316 g/mol. The van der Waals surface area contributed by atoms with E-state index in [4.69, 9.17) is 10.6 Å². The fourth-order valence-electron chi connectivity index (χ4n) is 2.08. The molecule has 0 atom stereocenters. The lowest BCUT2D eigenvalue weighted by molar-refractivity contribution is -0.141. The SMILES string of the molecule is COC(=O)Cn1ccc2cc(N/C=C(/CC(=O)O)N=N)ccc21. The second-order valence-electron chi connectivity index (χ2n) is 4.76. The van der Waals surface area contributed by atoms with Gasteiger partial charge in [0, 0.05) is 29.0 Å². The van der Waals surface area contributed by atoms with Crippen molar-refractivity contribution in [2.45, 2.75) is 13.0 Å². The number of rotatable bonds is 7. The number of carbonyl (C=O) groups excluding carboxylic acids is 1. The molecule has 0 saturated heterocycles. The number of nitrogens with zero attached hydrogens (tertiary/aromatic N) is 2. The Kier molecular flexibility index (Phi) is 5.08. The number of benzene rings is 1. The Morgan fingerprint density at radius 2 is 2.22 bits per heavy atom. The van der Waals surface area contributed by atoms with Gasteiger partial charge in [0.15, 0.2) is 0 Å². The number of carbonyl (C=O) groups is 2. The predicted molar refractivity (Wildman–Crippen MR) is 83.1 cm³/mol. The highest BCUT2D eigenvalue weighted by Crippen LogP contribution is 2.21. The number of hydrogen-bond donors (Lipinski definition) is 3. The molecule has 2 aromatic rings. The number of methoxy groups -OCH3 is 1. The summed E-state index contributed by atoms with van der Waals surface area (Å²) in [6.07, 6.45) is 2.85. The number of aliphatic carboxylic acids is 1. The van der Waals surface area contributed by atoms with Crippen molar-refractivity contribution in [3.8, 4) is 0 Å². The summed E-state index contributed by atoms with van der Waals surface area (Å²) in [4.78, 5) is 22.0. The highest BCUT2D eigenvalue weighted by molar-refractivity contribution is 5.85. The standard InChI is InChI=1S/C15H16N4O4/c1-23-15(22)9-19-5-4-10-6-11(2-3-13(10)19)17-8-12(18-16)7-14(20)21/h2-6,8,16-17H,7,9H2,1H3,(H,20,21)/b12-8-,18-16?. The van der Waals surface area contributed by atoms with Crippen molar-refractivity contribution in [1.82, 2.24) is 4.57 Å². The molecule has 1 heterocycles. The molecule has 0 saturated carbocycles. The van der Waals surface area contributed by atoms with Crippen LogP contribution in [0.3, 0.4) is 0 Å². The molecule has 0 radical (unpaired) electrons. The maximum absolute atomic E-state index is 11.3. The third kappa shape index (κ3) is 4.16. The van der Waals surface area contributed by atoms with Gasteiger partial charge in [0.25, 0.3) is 0 Å². The zero-order valence-corrected chi connectivity index (χ0v) is 12.4. The molecule has 0 aliphatic carbocycles. The largest absolute Gasteiger partial charge is 0.481 e. The topological polar surface area (TPSA) is 117 Å². The lowest BCUT2D eigenvalue weighted by Gasteiger charge is -2.06. The first kappa shape index (κ1) is 16.2. The van der Waals surface area contributed by atoms with Gasteiger partial charge in [0.05, 0.1) is 19.2 Å². The van der Waals surface area contributed by atoms with Crippen molar-refractivity contribution in [2.75, 3.05) is 12.4 Å². The lowest BCUT2D eigenvalue weighted by Crippen LogP contribution is -2.10. The van der Waals surface area contributed by atoms with Gasteiger partial charge in [-0.3, -0.25) is 9.59 Å². The summed E-state index contributed by atoms with van der Waals surface area (Å²) in [6, 6.07) is 7.33. The van der Waals surface area contributed by atoms with Gasteiger partial charge in [-0.05, 0) is 24.3 Å². The number of carboxylic acid groups (broad SMARTS) is 1. The molecule has 1 aromatic carbocycles. The van der Waals surface area contributed by atoms with Crippen LogP contribution in [0.4, 0.5) is 5.69 Å². The lowest BCUT2D eigenvalue weighted by atomic mass is 10.2. The first-order valence-corrected chi connectivity index (χ1v) is 6.74. The van der Waals surface area contributed by atoms with Crippen molar-refractivity contribution >= 4 is 28.5 Å². The van der Waals surface area contributed by atoms with Gasteiger partial charge < -0.3 is 19.7 Å². The zero-order chi connectivity index (χ0) is 16.8. The van der Waals surface area contributed by atoms with Crippen LogP contribution in [0.15, 0.2) is 47.5 Å². The summed E-state index contributed by atoms with van der Waals surface area (Å²) < 4.78 is 6.42. The van der Waals surface area contributed by atoms with Gasteiger partial charge >= 0.3 is 11.9 Å². The van der Waals surface area contributed by atoms with Crippen LogP contribution in [0.1, 0.15) is 6.42 Å². The highest BCUT2D eigenvalue weighted by atomic mass is 16.5. The van der Waals surface area contributed by atoms with E-state index >= 15 is 0 Å². The van der Waals surface area contributed by atoms with Crippen molar-refractivity contribution in [3.05, 3.63) is 42.4 Å². The second kappa shape index (κ2) is 7.21. The summed E-state index contributed by atoms with van der Waals surface area (Å²) in [5, 5.41) is 15.7. The molecule has 0 unspecified atom stereocenters. The van der Waals surface area contributed by atoms with E-state index in [1.807, 2.05) is 18.2 Å². The molecule has 8 heteroatoms. The summed E-state index contributed by atoms with van der Waals surface area (Å²) in [5.74, 6) is -1.38. The maximum atomic E-state index is 11.3. The van der Waals surface area contributed by atoms with E-state index in [1.165, 1.54) is 13.3 Å². The number of anilines is 1. The average Bonchev–Trinajstić information content (AvgIpc) is 2.93. The molecular weight excluding hydrogens is 300 g/mol. The number of esters is 1. The van der Waals surface area contributed by atoms with Gasteiger partial charge in [-0.25, -0.2) is 5.53 Å². The van der Waals surface area contributed by atoms with Crippen molar-refractivity contribution in [1.29, 1.82) is 5.53 Å². The molecule has 1 aromatic heterocycles. The number of ether oxygens (including phenoxy) is 1. The number of aromatic nitrogens is 1. The highest BCUT2D eigenvalue weighted by Gasteiger charge is 2.07. The van der Waals surface area contributed by atoms with Crippen LogP contribution in [-0.4, -0.2) is 28.7 Å². The summed E-state index contributed by atoms with van der Waals surface area (Å²) in [5.41, 5.74) is 8.65. The van der Waals surface area contributed by atoms with Gasteiger partial charge in [0.1, 0.15) is 6.54 Å². The number of nitrogens with one attached hydrogen (secondary N) is 2.